The normalized spacial score (nSPS) is 14.9. The molecule has 0 bridgehead atoms. The van der Waals surface area contributed by atoms with E-state index in [2.05, 4.69) is 214 Å². The molecule has 310 valence electrons. The van der Waals surface area contributed by atoms with Crippen LogP contribution in [0.1, 0.15) is 105 Å². The van der Waals surface area contributed by atoms with Gasteiger partial charge in [0, 0.05) is 59.7 Å². The van der Waals surface area contributed by atoms with E-state index >= 15 is 0 Å². The van der Waals surface area contributed by atoms with E-state index in [1.54, 1.807) is 0 Å². The smallest absolute Gasteiger partial charge is 0.329 e. The molecule has 5 heteroatoms. The van der Waals surface area contributed by atoms with E-state index in [0.717, 1.165) is 0 Å². The van der Waals surface area contributed by atoms with Crippen molar-refractivity contribution < 1.29 is 0 Å². The summed E-state index contributed by atoms with van der Waals surface area (Å²) in [6, 6.07) is 48.5. The number of benzene rings is 7. The molecule has 0 amide bonds. The van der Waals surface area contributed by atoms with Gasteiger partial charge in [-0.25, -0.2) is 0 Å². The van der Waals surface area contributed by atoms with Gasteiger partial charge in [0.05, 0.1) is 0 Å². The summed E-state index contributed by atoms with van der Waals surface area (Å²) in [5, 5.41) is 2.65. The summed E-state index contributed by atoms with van der Waals surface area (Å²) in [6.07, 6.45) is 0. The number of nitrogens with zero attached hydrogens (tertiary/aromatic N) is 2. The lowest BCUT2D eigenvalue weighted by Gasteiger charge is -2.52. The Kier molecular flexibility index (Phi) is 7.82. The molecular weight excluding hydrogens is 778 g/mol. The van der Waals surface area contributed by atoms with Gasteiger partial charge in [-0.05, 0) is 125 Å². The number of hydrogen-bond donors (Lipinski definition) is 0. The van der Waals surface area contributed by atoms with Crippen LogP contribution in [0.4, 0.5) is 28.4 Å². The second-order valence-corrected chi connectivity index (χ2v) is 24.1. The van der Waals surface area contributed by atoms with Crippen LogP contribution in [0.15, 0.2) is 121 Å². The van der Waals surface area contributed by atoms with Crippen molar-refractivity contribution in [1.29, 1.82) is 0 Å². The maximum atomic E-state index is 2.83. The Morgan fingerprint density at radius 2 is 0.952 bits per heavy atom. The van der Waals surface area contributed by atoms with E-state index in [-0.39, 0.29) is 35.2 Å². The van der Waals surface area contributed by atoms with Crippen LogP contribution in [-0.4, -0.2) is 13.6 Å². The van der Waals surface area contributed by atoms with E-state index in [4.69, 9.17) is 0 Å². The molecule has 0 saturated heterocycles. The molecule has 12 rings (SSSR count). The number of thiophene rings is 1. The SMILES string of the molecule is CC(C)(C)c1ccc2c(c1)B1c3cc(C(C)(C)C)ccc3-c3ccc4c5c3N1c1c(cc(C(C)(C)C)cc1-2)B5c1cc(C(C)(C)C)ccc1N4c1ccc2sc3ccccc3c2c1. The third-order valence-corrected chi connectivity index (χ3v) is 16.0. The van der Waals surface area contributed by atoms with Gasteiger partial charge in [0.25, 0.3) is 6.71 Å². The Hall–Kier alpha value is -5.51. The summed E-state index contributed by atoms with van der Waals surface area (Å²) in [4.78, 5) is 5.44. The molecular formula is C58H56B2N2S. The third kappa shape index (κ3) is 5.51. The largest absolute Gasteiger partial charge is 0.377 e. The Labute approximate surface area is 379 Å². The van der Waals surface area contributed by atoms with Crippen molar-refractivity contribution >= 4 is 101 Å². The first-order valence-electron chi connectivity index (χ1n) is 23.1. The van der Waals surface area contributed by atoms with Crippen molar-refractivity contribution in [2.45, 2.75) is 105 Å². The second-order valence-electron chi connectivity index (χ2n) is 23.1. The molecule has 0 N–H and O–H groups in total. The van der Waals surface area contributed by atoms with Gasteiger partial charge < -0.3 is 9.71 Å². The van der Waals surface area contributed by atoms with E-state index in [1.165, 1.54) is 120 Å². The van der Waals surface area contributed by atoms with Gasteiger partial charge in [-0.3, -0.25) is 0 Å². The summed E-state index contributed by atoms with van der Waals surface area (Å²) in [7, 11) is 0. The first-order valence-corrected chi connectivity index (χ1v) is 23.9. The third-order valence-electron chi connectivity index (χ3n) is 14.8. The Balaban J connectivity index is 1.24. The van der Waals surface area contributed by atoms with E-state index in [9.17, 15) is 0 Å². The van der Waals surface area contributed by atoms with E-state index < -0.39 is 0 Å². The molecule has 8 aromatic rings. The van der Waals surface area contributed by atoms with Crippen molar-refractivity contribution in [3.05, 3.63) is 144 Å². The van der Waals surface area contributed by atoms with Crippen LogP contribution in [0.2, 0.25) is 0 Å². The highest BCUT2D eigenvalue weighted by Crippen LogP contribution is 2.52. The quantitative estimate of drug-likeness (QED) is 0.152. The van der Waals surface area contributed by atoms with Gasteiger partial charge in [0.2, 0.25) is 0 Å². The molecule has 0 radical (unpaired) electrons. The lowest BCUT2D eigenvalue weighted by molar-refractivity contribution is 0.590. The van der Waals surface area contributed by atoms with Crippen LogP contribution in [-0.2, 0) is 21.7 Å². The van der Waals surface area contributed by atoms with Crippen LogP contribution in [0.25, 0.3) is 42.4 Å². The Bertz CT molecular complexity index is 3310. The summed E-state index contributed by atoms with van der Waals surface area (Å²) >= 11 is 1.89. The summed E-state index contributed by atoms with van der Waals surface area (Å²) in [5.74, 6) is 0. The number of anilines is 5. The molecule has 0 fully saturated rings. The van der Waals surface area contributed by atoms with Crippen LogP contribution < -0.4 is 37.0 Å². The van der Waals surface area contributed by atoms with Crippen LogP contribution in [0.3, 0.4) is 0 Å². The average Bonchev–Trinajstić information content (AvgIpc) is 3.61. The number of fused-ring (bicyclic) bond motifs is 12. The standard InChI is InChI=1S/C58H56B2N2S/c1-55(2,3)33-17-21-38-41-23-25-49-52-54(41)62-53-43(39-22-18-34(56(4,5)6)29-45(39)60(62)44(38)28-33)27-36(58(10,11)12)31-47(53)59(52)46-30-35(57(7,8)9)19-24-48(46)61(49)37-20-26-51-42(32-37)40-15-13-14-16-50(40)63-51/h13-32H,1-12H3. The zero-order valence-electron chi connectivity index (χ0n) is 39.0. The predicted octanol–water partition coefficient (Wildman–Crippen LogP) is 12.8. The molecule has 0 spiro atoms. The minimum atomic E-state index is -0.0511. The van der Waals surface area contributed by atoms with E-state index in [0.29, 0.717) is 0 Å². The fraction of sp³-hybridized carbons (Fsp3) is 0.276. The summed E-state index contributed by atoms with van der Waals surface area (Å²) in [5.41, 5.74) is 24.5. The molecule has 63 heavy (non-hydrogen) atoms. The predicted molar refractivity (Wildman–Crippen MR) is 278 cm³/mol. The summed E-state index contributed by atoms with van der Waals surface area (Å²) < 4.78 is 2.67. The van der Waals surface area contributed by atoms with Crippen LogP contribution in [0, 0.1) is 0 Å². The zero-order valence-corrected chi connectivity index (χ0v) is 39.8. The molecule has 0 saturated carbocycles. The molecule has 5 heterocycles. The van der Waals surface area contributed by atoms with Crippen LogP contribution in [0.5, 0.6) is 0 Å². The summed E-state index contributed by atoms with van der Waals surface area (Å²) in [6.45, 7) is 28.5. The lowest BCUT2D eigenvalue weighted by atomic mass is 9.30. The van der Waals surface area contributed by atoms with Crippen LogP contribution >= 0.6 is 11.3 Å². The average molecular weight is 835 g/mol. The van der Waals surface area contributed by atoms with Gasteiger partial charge in [-0.2, -0.15) is 0 Å². The molecule has 0 atom stereocenters. The number of hydrogen-bond acceptors (Lipinski definition) is 3. The molecule has 0 aliphatic carbocycles. The highest BCUT2D eigenvalue weighted by atomic mass is 32.1. The van der Waals surface area contributed by atoms with Gasteiger partial charge >= 0.3 is 6.85 Å². The number of rotatable bonds is 1. The molecule has 7 aromatic carbocycles. The first kappa shape index (κ1) is 39.1. The topological polar surface area (TPSA) is 6.48 Å². The first-order chi connectivity index (χ1) is 29.8. The van der Waals surface area contributed by atoms with Crippen molar-refractivity contribution in [3.63, 3.8) is 0 Å². The zero-order chi connectivity index (χ0) is 43.9. The van der Waals surface area contributed by atoms with Crippen molar-refractivity contribution in [3.8, 4) is 22.3 Å². The van der Waals surface area contributed by atoms with Gasteiger partial charge in [-0.15, -0.1) is 11.3 Å². The fourth-order valence-electron chi connectivity index (χ4n) is 11.4. The second kappa shape index (κ2) is 12.6. The molecule has 1 aromatic heterocycles. The molecule has 2 nitrogen and oxygen atoms in total. The maximum absolute atomic E-state index is 2.83. The monoisotopic (exact) mass is 834 g/mol. The van der Waals surface area contributed by atoms with Gasteiger partial charge in [0.15, 0.2) is 0 Å². The fourth-order valence-corrected chi connectivity index (χ4v) is 12.4. The van der Waals surface area contributed by atoms with Crippen molar-refractivity contribution in [2.75, 3.05) is 9.71 Å². The van der Waals surface area contributed by atoms with Gasteiger partial charge in [0.1, 0.15) is 0 Å². The maximum Gasteiger partial charge on any atom is 0.329 e. The minimum absolute atomic E-state index is 0.00635. The molecule has 4 aliphatic rings. The highest BCUT2D eigenvalue weighted by molar-refractivity contribution is 7.25. The highest BCUT2D eigenvalue weighted by Gasteiger charge is 2.52. The lowest BCUT2D eigenvalue weighted by Crippen LogP contribution is -2.69. The Morgan fingerprint density at radius 3 is 1.60 bits per heavy atom. The van der Waals surface area contributed by atoms with Crippen molar-refractivity contribution in [1.82, 2.24) is 0 Å². The molecule has 0 unspecified atom stereocenters. The minimum Gasteiger partial charge on any atom is -0.377 e. The Morgan fingerprint density at radius 1 is 0.413 bits per heavy atom. The molecule has 4 aliphatic heterocycles. The van der Waals surface area contributed by atoms with Gasteiger partial charge in [-0.1, -0.05) is 162 Å². The van der Waals surface area contributed by atoms with E-state index in [1.807, 2.05) is 11.3 Å². The van der Waals surface area contributed by atoms with Crippen molar-refractivity contribution in [2.24, 2.45) is 0 Å².